The number of phenolic OH excluding ortho intramolecular Hbond substituents is 1. The van der Waals surface area contributed by atoms with Crippen LogP contribution in [-0.2, 0) is 5.41 Å². The topological polar surface area (TPSA) is 20.2 Å². The molecule has 1 aromatic carbocycles. The van der Waals surface area contributed by atoms with Gasteiger partial charge in [0.1, 0.15) is 5.75 Å². The molecule has 0 spiro atoms. The van der Waals surface area contributed by atoms with Gasteiger partial charge in [0.2, 0.25) is 0 Å². The molecule has 1 nitrogen and oxygen atoms in total. The molecule has 0 heterocycles. The number of phenols is 1. The summed E-state index contributed by atoms with van der Waals surface area (Å²) in [5.41, 5.74) is 3.46. The van der Waals surface area contributed by atoms with Crippen LogP contribution in [0.1, 0.15) is 49.8 Å². The van der Waals surface area contributed by atoms with E-state index in [0.717, 1.165) is 34.8 Å². The summed E-state index contributed by atoms with van der Waals surface area (Å²) in [6.45, 7) is 8.57. The van der Waals surface area contributed by atoms with Crippen LogP contribution in [0.2, 0.25) is 0 Å². The highest BCUT2D eigenvalue weighted by atomic mass is 16.3. The van der Waals surface area contributed by atoms with E-state index < -0.39 is 0 Å². The Morgan fingerprint density at radius 3 is 2.45 bits per heavy atom. The molecule has 3 aliphatic carbocycles. The molecule has 1 aromatic rings. The van der Waals surface area contributed by atoms with Crippen molar-refractivity contribution < 1.29 is 5.11 Å². The van der Waals surface area contributed by atoms with E-state index in [4.69, 9.17) is 0 Å². The maximum Gasteiger partial charge on any atom is 0.122 e. The van der Waals surface area contributed by atoms with Crippen molar-refractivity contribution in [3.8, 4) is 5.75 Å². The Balaban J connectivity index is 1.76. The molecule has 4 unspecified atom stereocenters. The summed E-state index contributed by atoms with van der Waals surface area (Å²) in [7, 11) is 0. The molecule has 0 aromatic heterocycles. The molecule has 1 heteroatoms. The molecule has 22 heavy (non-hydrogen) atoms. The van der Waals surface area contributed by atoms with Crippen LogP contribution in [0.25, 0.3) is 0 Å². The van der Waals surface area contributed by atoms with Gasteiger partial charge in [0.05, 0.1) is 0 Å². The smallest absolute Gasteiger partial charge is 0.122 e. The average molecular weight is 294 g/mol. The van der Waals surface area contributed by atoms with Crippen molar-refractivity contribution in [3.63, 3.8) is 0 Å². The third kappa shape index (κ3) is 1.91. The maximum absolute atomic E-state index is 10.5. The van der Waals surface area contributed by atoms with Crippen LogP contribution in [0, 0.1) is 30.6 Å². The number of hydrogen-bond donors (Lipinski definition) is 1. The highest BCUT2D eigenvalue weighted by molar-refractivity contribution is 5.49. The Labute approximate surface area is 133 Å². The van der Waals surface area contributed by atoms with Gasteiger partial charge in [0.25, 0.3) is 0 Å². The fourth-order valence-corrected chi connectivity index (χ4v) is 4.96. The van der Waals surface area contributed by atoms with Gasteiger partial charge in [-0.05, 0) is 59.1 Å². The van der Waals surface area contributed by atoms with E-state index in [1.807, 2.05) is 6.92 Å². The zero-order chi connectivity index (χ0) is 15.6. The molecular weight excluding hydrogens is 268 g/mol. The van der Waals surface area contributed by atoms with Crippen molar-refractivity contribution in [3.05, 3.63) is 53.1 Å². The van der Waals surface area contributed by atoms with E-state index in [-0.39, 0.29) is 5.41 Å². The predicted molar refractivity (Wildman–Crippen MR) is 91.1 cm³/mol. The minimum absolute atomic E-state index is 0.0266. The third-order valence-electron chi connectivity index (χ3n) is 6.05. The van der Waals surface area contributed by atoms with Crippen molar-refractivity contribution in [2.24, 2.45) is 23.7 Å². The molecule has 0 radical (unpaired) electrons. The minimum atomic E-state index is -0.0266. The van der Waals surface area contributed by atoms with Gasteiger partial charge in [0.15, 0.2) is 0 Å². The van der Waals surface area contributed by atoms with Crippen molar-refractivity contribution >= 4 is 0 Å². The number of rotatable bonds is 1. The molecule has 116 valence electrons. The van der Waals surface area contributed by atoms with Gasteiger partial charge >= 0.3 is 0 Å². The Bertz CT molecular complexity index is 674. The zero-order valence-corrected chi connectivity index (χ0v) is 14.0. The zero-order valence-electron chi connectivity index (χ0n) is 14.0. The summed E-state index contributed by atoms with van der Waals surface area (Å²) in [5, 5.41) is 10.5. The summed E-state index contributed by atoms with van der Waals surface area (Å²) in [6.07, 6.45) is 11.1. The summed E-state index contributed by atoms with van der Waals surface area (Å²) in [4.78, 5) is 0. The molecule has 0 amide bonds. The third-order valence-corrected chi connectivity index (χ3v) is 6.05. The van der Waals surface area contributed by atoms with Gasteiger partial charge in [0, 0.05) is 5.92 Å². The van der Waals surface area contributed by atoms with Gasteiger partial charge in [-0.25, -0.2) is 0 Å². The van der Waals surface area contributed by atoms with Crippen LogP contribution in [0.5, 0.6) is 5.75 Å². The normalized spacial score (nSPS) is 35.4. The first-order valence-electron chi connectivity index (χ1n) is 8.57. The molecule has 3 aliphatic rings. The molecule has 2 bridgehead atoms. The SMILES string of the molecule is Cc1cc([C@H]2C=CC3C4C=CC(C4)C32)cc(C(C)(C)C)c1O. The van der Waals surface area contributed by atoms with Crippen LogP contribution in [0.3, 0.4) is 0 Å². The fraction of sp³-hybridized carbons (Fsp3) is 0.524. The van der Waals surface area contributed by atoms with Gasteiger partial charge in [-0.3, -0.25) is 0 Å². The molecule has 1 fully saturated rings. The van der Waals surface area contributed by atoms with Crippen LogP contribution in [0.4, 0.5) is 0 Å². The Morgan fingerprint density at radius 2 is 1.73 bits per heavy atom. The molecular formula is C21H26O. The van der Waals surface area contributed by atoms with Crippen LogP contribution < -0.4 is 0 Å². The van der Waals surface area contributed by atoms with Crippen LogP contribution in [0.15, 0.2) is 36.4 Å². The molecule has 5 atom stereocenters. The Hall–Kier alpha value is -1.50. The Morgan fingerprint density at radius 1 is 1.00 bits per heavy atom. The van der Waals surface area contributed by atoms with E-state index >= 15 is 0 Å². The molecule has 0 aliphatic heterocycles. The number of aromatic hydroxyl groups is 1. The van der Waals surface area contributed by atoms with Crippen molar-refractivity contribution in [1.82, 2.24) is 0 Å². The quantitative estimate of drug-likeness (QED) is 0.715. The minimum Gasteiger partial charge on any atom is -0.507 e. The number of aryl methyl sites for hydroxylation is 1. The van der Waals surface area contributed by atoms with Crippen molar-refractivity contribution in [2.75, 3.05) is 0 Å². The summed E-state index contributed by atoms with van der Waals surface area (Å²) in [6, 6.07) is 4.47. The van der Waals surface area contributed by atoms with E-state index in [1.165, 1.54) is 12.0 Å². The standard InChI is InChI=1S/C21H26O/c1-12-9-15(11-18(20(12)22)21(2,3)4)17-8-7-16-13-5-6-14(10-13)19(16)17/h5-9,11,13-14,16-17,19,22H,10H2,1-4H3/t13?,14?,16?,17-,19?/m1/s1. The molecule has 1 N–H and O–H groups in total. The lowest BCUT2D eigenvalue weighted by molar-refractivity contribution is 0.362. The number of hydrogen-bond acceptors (Lipinski definition) is 1. The summed E-state index contributed by atoms with van der Waals surface area (Å²) < 4.78 is 0. The maximum atomic E-state index is 10.5. The van der Waals surface area contributed by atoms with Gasteiger partial charge in [-0.1, -0.05) is 57.2 Å². The lowest BCUT2D eigenvalue weighted by Gasteiger charge is -2.29. The summed E-state index contributed by atoms with van der Waals surface area (Å²) >= 11 is 0. The van der Waals surface area contributed by atoms with E-state index in [0.29, 0.717) is 11.7 Å². The largest absolute Gasteiger partial charge is 0.507 e. The van der Waals surface area contributed by atoms with Gasteiger partial charge in [-0.15, -0.1) is 0 Å². The monoisotopic (exact) mass is 294 g/mol. The van der Waals surface area contributed by atoms with Crippen molar-refractivity contribution in [1.29, 1.82) is 0 Å². The van der Waals surface area contributed by atoms with E-state index in [1.54, 1.807) is 0 Å². The lowest BCUT2D eigenvalue weighted by Crippen LogP contribution is -2.20. The first-order chi connectivity index (χ1) is 10.4. The lowest BCUT2D eigenvalue weighted by atomic mass is 9.75. The molecule has 1 saturated carbocycles. The number of fused-ring (bicyclic) bond motifs is 5. The highest BCUT2D eigenvalue weighted by Gasteiger charge is 2.49. The first-order valence-corrected chi connectivity index (χ1v) is 8.57. The van der Waals surface area contributed by atoms with Gasteiger partial charge in [-0.2, -0.15) is 0 Å². The highest BCUT2D eigenvalue weighted by Crippen LogP contribution is 2.57. The second-order valence-corrected chi connectivity index (χ2v) is 8.50. The first kappa shape index (κ1) is 14.1. The van der Waals surface area contributed by atoms with Crippen LogP contribution >= 0.6 is 0 Å². The van der Waals surface area contributed by atoms with Crippen molar-refractivity contribution in [2.45, 2.75) is 45.4 Å². The van der Waals surface area contributed by atoms with E-state index in [9.17, 15) is 5.11 Å². The average Bonchev–Trinajstić information content (AvgIpc) is 3.11. The van der Waals surface area contributed by atoms with Gasteiger partial charge < -0.3 is 5.11 Å². The molecule has 0 saturated heterocycles. The Kier molecular flexibility index (Phi) is 2.89. The number of benzene rings is 1. The fourth-order valence-electron chi connectivity index (χ4n) is 4.96. The molecule has 4 rings (SSSR count). The second kappa shape index (κ2) is 4.50. The van der Waals surface area contributed by atoms with E-state index in [2.05, 4.69) is 57.2 Å². The number of allylic oxidation sites excluding steroid dienone is 4. The predicted octanol–water partition coefficient (Wildman–Crippen LogP) is 5.09. The summed E-state index contributed by atoms with van der Waals surface area (Å²) in [5.74, 6) is 4.01. The van der Waals surface area contributed by atoms with Crippen LogP contribution in [-0.4, -0.2) is 5.11 Å². The second-order valence-electron chi connectivity index (χ2n) is 8.50.